The van der Waals surface area contributed by atoms with Gasteiger partial charge in [0.15, 0.2) is 0 Å². The molecule has 0 saturated carbocycles. The van der Waals surface area contributed by atoms with E-state index in [2.05, 4.69) is 10.6 Å². The molecule has 7 heteroatoms. The summed E-state index contributed by atoms with van der Waals surface area (Å²) in [4.78, 5) is 26.9. The fourth-order valence-electron chi connectivity index (χ4n) is 2.10. The number of nitrogens with one attached hydrogen (secondary N) is 2. The number of anilines is 1. The van der Waals surface area contributed by atoms with Gasteiger partial charge in [0.05, 0.1) is 5.56 Å². The third kappa shape index (κ3) is 3.56. The fraction of sp³-hybridized carbons (Fsp3) is 0.538. The minimum Gasteiger partial charge on any atom is -0.375 e. The predicted octanol–water partition coefficient (Wildman–Crippen LogP) is 0.687. The van der Waals surface area contributed by atoms with Gasteiger partial charge in [-0.25, -0.2) is 0 Å². The average molecular weight is 297 g/mol. The Morgan fingerprint density at radius 2 is 2.15 bits per heavy atom. The van der Waals surface area contributed by atoms with Crippen LogP contribution in [0.5, 0.6) is 0 Å². The van der Waals surface area contributed by atoms with E-state index in [9.17, 15) is 9.59 Å². The van der Waals surface area contributed by atoms with Crippen LogP contribution in [-0.2, 0) is 9.53 Å². The van der Waals surface area contributed by atoms with Crippen molar-refractivity contribution in [3.05, 3.63) is 16.5 Å². The van der Waals surface area contributed by atoms with Gasteiger partial charge in [-0.2, -0.15) is 0 Å². The van der Waals surface area contributed by atoms with Crippen LogP contribution in [0.15, 0.2) is 6.07 Å². The van der Waals surface area contributed by atoms with E-state index in [0.717, 1.165) is 18.0 Å². The standard InChI is InChI=1S/C13H19N3O3S/c1-9-7-10(12(20-9)15-11(17)8-19-2)13(18)16-5-3-14-4-6-16/h7,14H,3-6,8H2,1-2H3,(H,15,17). The number of aryl methyl sites for hydroxylation is 1. The number of amides is 2. The molecule has 0 bridgehead atoms. The van der Waals surface area contributed by atoms with Crippen molar-refractivity contribution in [1.29, 1.82) is 0 Å². The summed E-state index contributed by atoms with van der Waals surface area (Å²) >= 11 is 1.41. The topological polar surface area (TPSA) is 70.7 Å². The Balaban J connectivity index is 2.13. The zero-order valence-corrected chi connectivity index (χ0v) is 12.5. The Bertz CT molecular complexity index is 495. The molecule has 20 heavy (non-hydrogen) atoms. The van der Waals surface area contributed by atoms with Crippen LogP contribution in [0, 0.1) is 6.92 Å². The molecule has 2 heterocycles. The quantitative estimate of drug-likeness (QED) is 0.858. The van der Waals surface area contributed by atoms with Crippen LogP contribution in [0.2, 0.25) is 0 Å². The lowest BCUT2D eigenvalue weighted by molar-refractivity contribution is -0.119. The van der Waals surface area contributed by atoms with Gasteiger partial charge in [-0.05, 0) is 13.0 Å². The molecule has 110 valence electrons. The van der Waals surface area contributed by atoms with Crippen LogP contribution < -0.4 is 10.6 Å². The summed E-state index contributed by atoms with van der Waals surface area (Å²) in [6.45, 7) is 4.90. The second-order valence-electron chi connectivity index (χ2n) is 4.62. The highest BCUT2D eigenvalue weighted by molar-refractivity contribution is 7.16. The summed E-state index contributed by atoms with van der Waals surface area (Å²) in [5.74, 6) is -0.271. The SMILES string of the molecule is COCC(=O)Nc1sc(C)cc1C(=O)N1CCNCC1. The molecule has 0 spiro atoms. The molecule has 1 aliphatic rings. The van der Waals surface area contributed by atoms with Gasteiger partial charge in [0, 0.05) is 38.2 Å². The maximum absolute atomic E-state index is 12.5. The van der Waals surface area contributed by atoms with Gasteiger partial charge in [-0.1, -0.05) is 0 Å². The molecule has 2 N–H and O–H groups in total. The highest BCUT2D eigenvalue weighted by Gasteiger charge is 2.23. The molecule has 0 unspecified atom stereocenters. The van der Waals surface area contributed by atoms with E-state index in [1.54, 1.807) is 0 Å². The summed E-state index contributed by atoms with van der Waals surface area (Å²) in [6.07, 6.45) is 0. The van der Waals surface area contributed by atoms with Gasteiger partial charge < -0.3 is 20.3 Å². The molecule has 2 amide bonds. The number of hydrogen-bond donors (Lipinski definition) is 2. The Hall–Kier alpha value is -1.44. The van der Waals surface area contributed by atoms with E-state index in [0.29, 0.717) is 23.7 Å². The maximum atomic E-state index is 12.5. The van der Waals surface area contributed by atoms with Crippen molar-refractivity contribution in [2.45, 2.75) is 6.92 Å². The van der Waals surface area contributed by atoms with E-state index in [1.807, 2.05) is 17.9 Å². The maximum Gasteiger partial charge on any atom is 0.256 e. The van der Waals surface area contributed by atoms with Gasteiger partial charge in [-0.3, -0.25) is 9.59 Å². The number of thiophene rings is 1. The molecule has 1 saturated heterocycles. The summed E-state index contributed by atoms with van der Waals surface area (Å²) < 4.78 is 4.79. The first-order valence-electron chi connectivity index (χ1n) is 6.51. The number of carbonyl (C=O) groups excluding carboxylic acids is 2. The summed E-state index contributed by atoms with van der Waals surface area (Å²) in [6, 6.07) is 1.83. The highest BCUT2D eigenvalue weighted by atomic mass is 32.1. The van der Waals surface area contributed by atoms with E-state index < -0.39 is 0 Å². The van der Waals surface area contributed by atoms with E-state index in [4.69, 9.17) is 4.74 Å². The van der Waals surface area contributed by atoms with Crippen molar-refractivity contribution in [2.24, 2.45) is 0 Å². The molecule has 1 fully saturated rings. The number of carbonyl (C=O) groups is 2. The van der Waals surface area contributed by atoms with Crippen LogP contribution in [0.3, 0.4) is 0 Å². The number of nitrogens with zero attached hydrogens (tertiary/aromatic N) is 1. The molecule has 0 radical (unpaired) electrons. The summed E-state index contributed by atoms with van der Waals surface area (Å²) in [5.41, 5.74) is 0.568. The lowest BCUT2D eigenvalue weighted by Gasteiger charge is -2.27. The van der Waals surface area contributed by atoms with Gasteiger partial charge in [0.2, 0.25) is 0 Å². The van der Waals surface area contributed by atoms with Gasteiger partial charge in [-0.15, -0.1) is 11.3 Å². The number of ether oxygens (including phenoxy) is 1. The first-order chi connectivity index (χ1) is 9.61. The van der Waals surface area contributed by atoms with E-state index >= 15 is 0 Å². The van der Waals surface area contributed by atoms with Crippen LogP contribution in [0.1, 0.15) is 15.2 Å². The second-order valence-corrected chi connectivity index (χ2v) is 5.88. The van der Waals surface area contributed by atoms with Crippen LogP contribution in [0.25, 0.3) is 0 Å². The van der Waals surface area contributed by atoms with Crippen LogP contribution in [0.4, 0.5) is 5.00 Å². The third-order valence-corrected chi connectivity index (χ3v) is 3.98. The minimum atomic E-state index is -0.247. The predicted molar refractivity (Wildman–Crippen MR) is 78.3 cm³/mol. The minimum absolute atomic E-state index is 0.0157. The number of piperazine rings is 1. The number of hydrogen-bond acceptors (Lipinski definition) is 5. The third-order valence-electron chi connectivity index (χ3n) is 3.02. The highest BCUT2D eigenvalue weighted by Crippen LogP contribution is 2.28. The Kier molecular flexibility index (Phi) is 5.11. The molecule has 6 nitrogen and oxygen atoms in total. The molecule has 1 aromatic rings. The zero-order chi connectivity index (χ0) is 14.5. The second kappa shape index (κ2) is 6.83. The van der Waals surface area contributed by atoms with Crippen LogP contribution >= 0.6 is 11.3 Å². The summed E-state index contributed by atoms with van der Waals surface area (Å²) in [5, 5.41) is 6.56. The summed E-state index contributed by atoms with van der Waals surface area (Å²) in [7, 11) is 1.46. The van der Waals surface area contributed by atoms with Crippen molar-refractivity contribution >= 4 is 28.2 Å². The van der Waals surface area contributed by atoms with Gasteiger partial charge >= 0.3 is 0 Å². The largest absolute Gasteiger partial charge is 0.375 e. The van der Waals surface area contributed by atoms with Crippen molar-refractivity contribution in [3.8, 4) is 0 Å². The molecule has 1 aliphatic heterocycles. The van der Waals surface area contributed by atoms with E-state index in [-0.39, 0.29) is 18.4 Å². The molecule has 0 aromatic carbocycles. The number of methoxy groups -OCH3 is 1. The first-order valence-corrected chi connectivity index (χ1v) is 7.32. The lowest BCUT2D eigenvalue weighted by atomic mass is 10.2. The van der Waals surface area contributed by atoms with Gasteiger partial charge in [0.25, 0.3) is 11.8 Å². The molecule has 0 aliphatic carbocycles. The smallest absolute Gasteiger partial charge is 0.256 e. The van der Waals surface area contributed by atoms with E-state index in [1.165, 1.54) is 18.4 Å². The monoisotopic (exact) mass is 297 g/mol. The molecular formula is C13H19N3O3S. The van der Waals surface area contributed by atoms with Crippen molar-refractivity contribution in [2.75, 3.05) is 45.2 Å². The molecule has 2 rings (SSSR count). The lowest BCUT2D eigenvalue weighted by Crippen LogP contribution is -2.46. The molecular weight excluding hydrogens is 278 g/mol. The van der Waals surface area contributed by atoms with Crippen molar-refractivity contribution < 1.29 is 14.3 Å². The Morgan fingerprint density at radius 1 is 1.45 bits per heavy atom. The zero-order valence-electron chi connectivity index (χ0n) is 11.7. The molecule has 1 aromatic heterocycles. The van der Waals surface area contributed by atoms with Crippen molar-refractivity contribution in [1.82, 2.24) is 10.2 Å². The Labute approximate surface area is 122 Å². The number of rotatable bonds is 4. The fourth-order valence-corrected chi connectivity index (χ4v) is 3.02. The van der Waals surface area contributed by atoms with Gasteiger partial charge in [0.1, 0.15) is 11.6 Å². The molecule has 0 atom stereocenters. The van der Waals surface area contributed by atoms with Crippen LogP contribution in [-0.4, -0.2) is 56.6 Å². The Morgan fingerprint density at radius 3 is 2.80 bits per heavy atom. The normalized spacial score (nSPS) is 15.2. The van der Waals surface area contributed by atoms with Crippen molar-refractivity contribution in [3.63, 3.8) is 0 Å². The first kappa shape index (κ1) is 15.0. The average Bonchev–Trinajstić information content (AvgIpc) is 2.80.